The Balaban J connectivity index is 2.48. The van der Waals surface area contributed by atoms with Crippen LogP contribution in [0.5, 0.6) is 0 Å². The molecule has 0 radical (unpaired) electrons. The van der Waals surface area contributed by atoms with Gasteiger partial charge in [-0.3, -0.25) is 9.59 Å². The van der Waals surface area contributed by atoms with Crippen LogP contribution in [0.15, 0.2) is 12.1 Å². The lowest BCUT2D eigenvalue weighted by atomic mass is 10.1. The van der Waals surface area contributed by atoms with Crippen molar-refractivity contribution in [3.05, 3.63) is 29.1 Å². The van der Waals surface area contributed by atoms with E-state index in [2.05, 4.69) is 0 Å². The number of benzene rings is 1. The highest BCUT2D eigenvalue weighted by atomic mass is 19.1. The lowest BCUT2D eigenvalue weighted by Crippen LogP contribution is -2.32. The third-order valence-corrected chi connectivity index (χ3v) is 2.75. The number of rotatable bonds is 3. The fourth-order valence-electron chi connectivity index (χ4n) is 1.98. The Labute approximate surface area is 98.2 Å². The summed E-state index contributed by atoms with van der Waals surface area (Å²) in [4.78, 5) is 24.6. The van der Waals surface area contributed by atoms with Crippen LogP contribution in [-0.2, 0) is 4.79 Å². The fourth-order valence-corrected chi connectivity index (χ4v) is 1.98. The van der Waals surface area contributed by atoms with E-state index in [9.17, 15) is 14.0 Å². The van der Waals surface area contributed by atoms with Crippen molar-refractivity contribution in [2.24, 2.45) is 5.73 Å². The largest absolute Gasteiger partial charge is 0.330 e. The van der Waals surface area contributed by atoms with Crippen LogP contribution in [0.1, 0.15) is 22.3 Å². The normalized spacial score (nSPS) is 14.4. The van der Waals surface area contributed by atoms with Crippen molar-refractivity contribution in [2.75, 3.05) is 18.0 Å². The summed E-state index contributed by atoms with van der Waals surface area (Å²) < 4.78 is 13.8. The number of carbonyl (C=O) groups is 2. The van der Waals surface area contributed by atoms with Crippen LogP contribution in [0.25, 0.3) is 0 Å². The number of anilines is 1. The van der Waals surface area contributed by atoms with E-state index in [-0.39, 0.29) is 17.8 Å². The Kier molecular flexibility index (Phi) is 2.93. The van der Waals surface area contributed by atoms with Gasteiger partial charge < -0.3 is 10.6 Å². The fraction of sp³-hybridized carbons (Fsp3) is 0.333. The van der Waals surface area contributed by atoms with Gasteiger partial charge in [-0.25, -0.2) is 4.39 Å². The van der Waals surface area contributed by atoms with Gasteiger partial charge >= 0.3 is 0 Å². The smallest absolute Gasteiger partial charge is 0.299 e. The zero-order valence-electron chi connectivity index (χ0n) is 9.50. The summed E-state index contributed by atoms with van der Waals surface area (Å²) in [5, 5.41) is 0. The van der Waals surface area contributed by atoms with Crippen molar-refractivity contribution in [2.45, 2.75) is 13.3 Å². The third kappa shape index (κ3) is 1.82. The average molecular weight is 236 g/mol. The number of nitrogens with zero attached hydrogens (tertiary/aromatic N) is 1. The monoisotopic (exact) mass is 236 g/mol. The first kappa shape index (κ1) is 11.7. The highest BCUT2D eigenvalue weighted by Crippen LogP contribution is 2.32. The Bertz CT molecular complexity index is 500. The number of aryl methyl sites for hydroxylation is 1. The number of fused-ring (bicyclic) bond motifs is 1. The number of hydrogen-bond donors (Lipinski definition) is 1. The molecule has 4 nitrogen and oxygen atoms in total. The number of halogens is 1. The molecule has 0 unspecified atom stereocenters. The van der Waals surface area contributed by atoms with Crippen LogP contribution >= 0.6 is 0 Å². The Morgan fingerprint density at radius 2 is 2.06 bits per heavy atom. The zero-order valence-corrected chi connectivity index (χ0v) is 9.50. The van der Waals surface area contributed by atoms with Crippen molar-refractivity contribution < 1.29 is 14.0 Å². The number of carbonyl (C=O) groups excluding carboxylic acids is 2. The molecule has 0 atom stereocenters. The number of amides is 1. The highest BCUT2D eigenvalue weighted by Gasteiger charge is 2.37. The molecule has 0 aromatic heterocycles. The van der Waals surface area contributed by atoms with Crippen molar-refractivity contribution >= 4 is 17.4 Å². The summed E-state index contributed by atoms with van der Waals surface area (Å²) >= 11 is 0. The van der Waals surface area contributed by atoms with Crippen LogP contribution in [0.2, 0.25) is 0 Å². The molecule has 1 aromatic carbocycles. The summed E-state index contributed by atoms with van der Waals surface area (Å²) in [6.07, 6.45) is 0.534. The molecule has 0 saturated carbocycles. The maximum atomic E-state index is 13.8. The van der Waals surface area contributed by atoms with Crippen molar-refractivity contribution in [1.29, 1.82) is 0 Å². The molecular formula is C12H13FN2O2. The van der Waals surface area contributed by atoms with E-state index in [1.54, 1.807) is 13.0 Å². The van der Waals surface area contributed by atoms with Gasteiger partial charge in [0.25, 0.3) is 11.7 Å². The molecule has 0 bridgehead atoms. The van der Waals surface area contributed by atoms with Gasteiger partial charge in [-0.15, -0.1) is 0 Å². The standard InChI is InChI=1S/C12H13FN2O2/c1-7-5-8-10(9(13)6-7)15(4-2-3-14)12(17)11(8)16/h5-6H,2-4,14H2,1H3. The van der Waals surface area contributed by atoms with Gasteiger partial charge in [0.2, 0.25) is 0 Å². The quantitative estimate of drug-likeness (QED) is 0.797. The molecule has 5 heteroatoms. The Morgan fingerprint density at radius 3 is 2.71 bits per heavy atom. The Hall–Kier alpha value is -1.75. The summed E-state index contributed by atoms with van der Waals surface area (Å²) in [5.74, 6) is -1.84. The minimum atomic E-state index is -0.669. The summed E-state index contributed by atoms with van der Waals surface area (Å²) in [7, 11) is 0. The van der Waals surface area contributed by atoms with Crippen LogP contribution in [0.4, 0.5) is 10.1 Å². The molecule has 1 heterocycles. The van der Waals surface area contributed by atoms with E-state index >= 15 is 0 Å². The lowest BCUT2D eigenvalue weighted by Gasteiger charge is -2.16. The predicted octanol–water partition coefficient (Wildman–Crippen LogP) is 1.01. The van der Waals surface area contributed by atoms with Crippen LogP contribution < -0.4 is 10.6 Å². The van der Waals surface area contributed by atoms with E-state index < -0.39 is 17.5 Å². The van der Waals surface area contributed by atoms with Crippen LogP contribution in [-0.4, -0.2) is 24.8 Å². The summed E-state index contributed by atoms with van der Waals surface area (Å²) in [6.45, 7) is 2.35. The van der Waals surface area contributed by atoms with E-state index in [0.717, 1.165) is 0 Å². The summed E-state index contributed by atoms with van der Waals surface area (Å²) in [6, 6.07) is 2.86. The van der Waals surface area contributed by atoms with E-state index in [1.807, 2.05) is 0 Å². The van der Waals surface area contributed by atoms with Crippen molar-refractivity contribution in [3.63, 3.8) is 0 Å². The molecule has 0 aliphatic carbocycles. The number of nitrogens with two attached hydrogens (primary N) is 1. The van der Waals surface area contributed by atoms with E-state index in [0.29, 0.717) is 18.5 Å². The van der Waals surface area contributed by atoms with E-state index in [1.165, 1.54) is 11.0 Å². The minimum Gasteiger partial charge on any atom is -0.330 e. The van der Waals surface area contributed by atoms with Crippen LogP contribution in [0, 0.1) is 12.7 Å². The van der Waals surface area contributed by atoms with Gasteiger partial charge in [0.1, 0.15) is 5.82 Å². The SMILES string of the molecule is Cc1cc(F)c2c(c1)C(=O)C(=O)N2CCCN. The van der Waals surface area contributed by atoms with Crippen LogP contribution in [0.3, 0.4) is 0 Å². The molecule has 0 spiro atoms. The van der Waals surface area contributed by atoms with Gasteiger partial charge in [0.05, 0.1) is 11.3 Å². The molecule has 0 saturated heterocycles. The lowest BCUT2D eigenvalue weighted by molar-refractivity contribution is -0.114. The number of Topliss-reactive ketones (excluding diaryl/α,β-unsaturated/α-hetero) is 1. The maximum absolute atomic E-state index is 13.8. The summed E-state index contributed by atoms with van der Waals surface area (Å²) in [5.41, 5.74) is 6.23. The average Bonchev–Trinajstić information content (AvgIpc) is 2.51. The molecular weight excluding hydrogens is 223 g/mol. The second kappa shape index (κ2) is 4.25. The molecule has 1 aliphatic rings. The first-order valence-electron chi connectivity index (χ1n) is 5.42. The molecule has 17 heavy (non-hydrogen) atoms. The van der Waals surface area contributed by atoms with Gasteiger partial charge in [0, 0.05) is 6.54 Å². The topological polar surface area (TPSA) is 63.4 Å². The molecule has 1 aliphatic heterocycles. The molecule has 90 valence electrons. The third-order valence-electron chi connectivity index (χ3n) is 2.75. The van der Waals surface area contributed by atoms with Crippen molar-refractivity contribution in [3.8, 4) is 0 Å². The molecule has 1 aromatic rings. The van der Waals surface area contributed by atoms with E-state index in [4.69, 9.17) is 5.73 Å². The first-order valence-corrected chi connectivity index (χ1v) is 5.42. The number of ketones is 1. The molecule has 0 fully saturated rings. The molecule has 1 amide bonds. The van der Waals surface area contributed by atoms with Gasteiger partial charge in [-0.05, 0) is 37.6 Å². The van der Waals surface area contributed by atoms with Gasteiger partial charge in [-0.2, -0.15) is 0 Å². The van der Waals surface area contributed by atoms with Gasteiger partial charge in [-0.1, -0.05) is 0 Å². The number of hydrogen-bond acceptors (Lipinski definition) is 3. The molecule has 2 rings (SSSR count). The first-order chi connectivity index (χ1) is 8.06. The van der Waals surface area contributed by atoms with Gasteiger partial charge in [0.15, 0.2) is 0 Å². The maximum Gasteiger partial charge on any atom is 0.299 e. The zero-order chi connectivity index (χ0) is 12.6. The Morgan fingerprint density at radius 1 is 1.35 bits per heavy atom. The minimum absolute atomic E-state index is 0.0963. The second-order valence-electron chi connectivity index (χ2n) is 4.07. The predicted molar refractivity (Wildman–Crippen MR) is 61.5 cm³/mol. The highest BCUT2D eigenvalue weighted by molar-refractivity contribution is 6.52. The van der Waals surface area contributed by atoms with Crippen molar-refractivity contribution in [1.82, 2.24) is 0 Å². The molecule has 2 N–H and O–H groups in total. The second-order valence-corrected chi connectivity index (χ2v) is 4.07.